The Morgan fingerprint density at radius 2 is 0.636 bits per heavy atom. The lowest BCUT2D eigenvalue weighted by Gasteiger charge is -2.28. The van der Waals surface area contributed by atoms with Gasteiger partial charge in [0, 0.05) is 68.1 Å². The van der Waals surface area contributed by atoms with Crippen LogP contribution in [0.3, 0.4) is 0 Å². The fraction of sp³-hybridized carbons (Fsp3) is 0.570. The third-order valence-electron chi connectivity index (χ3n) is 13.8. The Morgan fingerprint density at radius 1 is 0.393 bits per heavy atom. The van der Waals surface area contributed by atoms with Gasteiger partial charge in [0.05, 0.1) is 32.0 Å². The lowest BCUT2D eigenvalue weighted by Crippen LogP contribution is -2.45. The molecule has 46 nitrogen and oxygen atoms in total. The van der Waals surface area contributed by atoms with E-state index in [0.717, 1.165) is 15.4 Å². The fourth-order valence-corrected chi connectivity index (χ4v) is 8.58. The average Bonchev–Trinajstić information content (AvgIpc) is 0.768. The van der Waals surface area contributed by atoms with Gasteiger partial charge in [-0.15, -0.1) is 12.4 Å². The molecule has 0 saturated carbocycles. The van der Waals surface area contributed by atoms with Crippen LogP contribution in [0.15, 0.2) is 102 Å². The number of aliphatic hydroxyl groups is 3. The van der Waals surface area contributed by atoms with E-state index in [2.05, 4.69) is 35.8 Å². The van der Waals surface area contributed by atoms with E-state index in [1.807, 2.05) is 20.8 Å². The lowest BCUT2D eigenvalue weighted by molar-refractivity contribution is -0.193. The Morgan fingerprint density at radius 3 is 0.871 bits per heavy atom. The van der Waals surface area contributed by atoms with Gasteiger partial charge in [0.15, 0.2) is 11.9 Å². The highest BCUT2D eigenvalue weighted by Crippen LogP contribution is 2.22. The number of carbonyl (C=O) groups excluding carboxylic acids is 15. The molecular weight excluding hydrogens is 1860 g/mol. The van der Waals surface area contributed by atoms with Crippen molar-refractivity contribution in [3.63, 3.8) is 0 Å². The maximum atomic E-state index is 12.8. The first-order valence-corrected chi connectivity index (χ1v) is 42.9. The number of nitrogens with two attached hydrogens (primary N) is 3. The van der Waals surface area contributed by atoms with Crippen LogP contribution in [-0.4, -0.2) is 277 Å². The van der Waals surface area contributed by atoms with Crippen LogP contribution in [0, 0.1) is 16.2 Å². The van der Waals surface area contributed by atoms with Gasteiger partial charge in [-0.3, -0.25) is 40.7 Å². The molecule has 4 unspecified atom stereocenters. The summed E-state index contributed by atoms with van der Waals surface area (Å²) in [7, 11) is 1.46. The molecule has 47 heteroatoms. The summed E-state index contributed by atoms with van der Waals surface area (Å²) in [4.78, 5) is 165. The number of amides is 6. The number of aliphatic imine (C=N–C) groups is 1. The second-order valence-electron chi connectivity index (χ2n) is 36.7. The Kier molecular flexibility index (Phi) is 68.9. The topological polar surface area (TPSA) is 672 Å². The van der Waals surface area contributed by atoms with Gasteiger partial charge in [-0.1, -0.05) is 0 Å². The van der Waals surface area contributed by atoms with Crippen molar-refractivity contribution in [1.82, 2.24) is 31.1 Å². The molecule has 140 heavy (non-hydrogen) atoms. The number of benzene rings is 4. The molecule has 0 heterocycles. The predicted octanol–water partition coefficient (Wildman–Crippen LogP) is 11.6. The number of halogens is 1. The van der Waals surface area contributed by atoms with E-state index in [9.17, 15) is 53.4 Å². The van der Waals surface area contributed by atoms with Crippen molar-refractivity contribution in [2.24, 2.45) is 22.4 Å². The molecule has 4 atom stereocenters. The summed E-state index contributed by atoms with van der Waals surface area (Å²) < 4.78 is 71.4. The van der Waals surface area contributed by atoms with E-state index in [1.54, 1.807) is 263 Å². The molecule has 0 bridgehead atoms. The normalized spacial score (nSPS) is 11.6. The zero-order chi connectivity index (χ0) is 109. The highest BCUT2D eigenvalue weighted by Gasteiger charge is 2.31. The molecule has 0 spiro atoms. The second kappa shape index (κ2) is 70.2. The number of rotatable bonds is 29. The van der Waals surface area contributed by atoms with E-state index in [4.69, 9.17) is 129 Å². The third kappa shape index (κ3) is 80.7. The minimum absolute atomic E-state index is 0. The lowest BCUT2D eigenvalue weighted by atomic mass is 10.1. The van der Waals surface area contributed by atoms with Crippen molar-refractivity contribution >= 4 is 109 Å². The van der Waals surface area contributed by atoms with Crippen molar-refractivity contribution in [2.75, 3.05) is 85.9 Å². The largest absolute Gasteiger partial charge is 0.519 e. The van der Waals surface area contributed by atoms with Crippen molar-refractivity contribution in [1.29, 1.82) is 16.2 Å². The van der Waals surface area contributed by atoms with Gasteiger partial charge in [0.2, 0.25) is 5.90 Å². The highest BCUT2D eigenvalue weighted by molar-refractivity contribution is 6.05. The number of nitrogens with zero attached hydrogens (tertiary/aromatic N) is 3. The van der Waals surface area contributed by atoms with Gasteiger partial charge >= 0.3 is 67.3 Å². The van der Waals surface area contributed by atoms with Crippen molar-refractivity contribution in [2.45, 2.75) is 263 Å². The first-order valence-electron chi connectivity index (χ1n) is 42.9. The Hall–Kier alpha value is -13.4. The van der Waals surface area contributed by atoms with Crippen LogP contribution >= 0.6 is 12.4 Å². The number of Topliss-reactive ketones (excluding diaryl/α,β-unsaturated/α-hetero) is 1. The van der Waals surface area contributed by atoms with E-state index >= 15 is 0 Å². The quantitative estimate of drug-likeness (QED) is 0.00457. The van der Waals surface area contributed by atoms with Crippen LogP contribution < -0.4 is 57.6 Å². The van der Waals surface area contributed by atoms with Gasteiger partial charge < -0.3 is 114 Å². The van der Waals surface area contributed by atoms with Gasteiger partial charge in [0.1, 0.15) is 112 Å². The summed E-state index contributed by atoms with van der Waals surface area (Å²) in [6.45, 7) is 50.3. The summed E-state index contributed by atoms with van der Waals surface area (Å²) in [5, 5.41) is 62.2. The molecule has 790 valence electrons. The van der Waals surface area contributed by atoms with Crippen LogP contribution in [-0.2, 0) is 85.8 Å². The maximum Gasteiger partial charge on any atom is 0.519 e. The minimum Gasteiger partial charge on any atom is -0.491 e. The fourth-order valence-electron chi connectivity index (χ4n) is 8.58. The van der Waals surface area contributed by atoms with Crippen LogP contribution in [0.5, 0.6) is 23.0 Å². The summed E-state index contributed by atoms with van der Waals surface area (Å²) in [6.07, 6.45) is -7.41. The van der Waals surface area contributed by atoms with Crippen LogP contribution in [0.2, 0.25) is 0 Å². The van der Waals surface area contributed by atoms with Gasteiger partial charge in [-0.2, -0.15) is 28.8 Å². The predicted molar refractivity (Wildman–Crippen MR) is 513 cm³/mol. The molecule has 16 N–H and O–H groups in total. The molecule has 0 aliphatic rings. The Labute approximate surface area is 824 Å². The minimum atomic E-state index is -1.06. The number of amidine groups is 3. The monoisotopic (exact) mass is 2010 g/mol. The zero-order valence-corrected chi connectivity index (χ0v) is 86.4. The standard InChI is InChI=1S/C23H36N4O7.C22H35N3O6.C17H27N3O4.C11H15NO3.C10H18O5.C7H16N2O2.3CO2.ClH/c1-15(28)18(34-25)14-31-17-10-8-16(9-11-17)19(24)27(21(30)33-23(5,6)7)13-12-26-20(29)32-22(2,3)4;1-15(26)14-29-17-10-8-16(9-11-17)18(23)25(20(28)31-22(5,6)7)13-12-24-19(27)30-21(2,3)4;1-12(21)11-23-14-7-5-13(6-8-14)15(18)19-9-10-20-16(22)24-17(2,3)4;1-8(13)7-15-10-5-3-9(4-6-10)11(12)14-2;1-9(2,3)14-7(11)13-8(12)15-10(4,5)6;1-7(2,3)11-6(10)9-5-4-8;3*2-1-3;/h8-11,18,24H,12-14,25H2,1-7H3,(H,26,29);8-11,15,23,26H,12-14H2,1-7H3,(H,24,27);5-8,12,21H,9-11H2,1-4H3,(H2,18,19)(H,20,22);3-6,8,12-13H,7H2,1-2H3;1-6H3;4-5,8H2,1-3H3,(H,9,10);;;;1H. The number of hydrogen-bond acceptors (Lipinski definition) is 39. The van der Waals surface area contributed by atoms with E-state index in [0.29, 0.717) is 71.7 Å². The van der Waals surface area contributed by atoms with E-state index < -0.39 is 118 Å². The molecule has 6 amide bonds. The van der Waals surface area contributed by atoms with Crippen LogP contribution in [0.4, 0.5) is 38.4 Å². The number of aliphatic hydroxyl groups excluding tert-OH is 3. The maximum absolute atomic E-state index is 12.8. The Bertz CT molecular complexity index is 4410. The van der Waals surface area contributed by atoms with Gasteiger partial charge in [-0.25, -0.2) is 44.3 Å². The van der Waals surface area contributed by atoms with Gasteiger partial charge in [-0.05, 0) is 291 Å². The smallest absolute Gasteiger partial charge is 0.491 e. The summed E-state index contributed by atoms with van der Waals surface area (Å²) in [6, 6.07) is 27.0. The Balaban J connectivity index is -0.000000390. The number of hydrogen-bond donors (Lipinski definition) is 13. The molecule has 0 aromatic heterocycles. The second-order valence-corrected chi connectivity index (χ2v) is 36.7. The summed E-state index contributed by atoms with van der Waals surface area (Å²) >= 11 is 0. The number of methoxy groups -OCH3 is 1. The molecule has 0 fully saturated rings. The third-order valence-corrected chi connectivity index (χ3v) is 13.8. The number of alkyl carbamates (subject to hydrolysis) is 4. The molecule has 0 aliphatic heterocycles. The molecule has 0 aliphatic carbocycles. The number of nitrogens with one attached hydrogen (secondary N) is 7. The average molecular weight is 2010 g/mol. The number of ether oxygens (including phenoxy) is 14. The molecular formula is C93H148ClN13O33. The van der Waals surface area contributed by atoms with Gasteiger partial charge in [0.25, 0.3) is 0 Å². The summed E-state index contributed by atoms with van der Waals surface area (Å²) in [5.74, 6) is 7.39. The SMILES string of the molecule is CC(=O)C(COc1ccc(C(=N)N(CCNC(=O)OC(C)(C)C)C(=O)OC(C)(C)C)cc1)ON.CC(C)(C)OC(=O)NCCN.CC(C)(C)OC(=O)OC(=O)OC(C)(C)C.CC(O)COc1ccc(C(=N)N(CCNC(=O)OC(C)(C)C)C(=O)OC(C)(C)C)cc1.CC(O)COc1ccc(C(N)=NCCNC(=O)OC(C)(C)C)cc1.COC(=N)c1ccc(OCC(C)O)cc1.Cl.O=C=O.O=C=O.O=C=O. The zero-order valence-electron chi connectivity index (χ0n) is 85.6. The molecule has 4 rings (SSSR count). The first-order chi connectivity index (χ1) is 63.8. The highest BCUT2D eigenvalue weighted by atomic mass is 35.5. The van der Waals surface area contributed by atoms with Crippen molar-refractivity contribution in [3.8, 4) is 23.0 Å². The number of ketones is 1. The van der Waals surface area contributed by atoms with Crippen molar-refractivity contribution in [3.05, 3.63) is 119 Å². The molecule has 4 aromatic rings. The van der Waals surface area contributed by atoms with Crippen molar-refractivity contribution < 1.29 is 158 Å². The summed E-state index contributed by atoms with van der Waals surface area (Å²) in [5.41, 5.74) is 8.25. The molecule has 0 saturated heterocycles. The first kappa shape index (κ1) is 137. The van der Waals surface area contributed by atoms with Crippen LogP contribution in [0.1, 0.15) is 216 Å². The molecule has 0 radical (unpaired) electrons. The van der Waals surface area contributed by atoms with E-state index in [-0.39, 0.29) is 107 Å². The van der Waals surface area contributed by atoms with E-state index in [1.165, 1.54) is 14.0 Å². The van der Waals surface area contributed by atoms with Crippen LogP contribution in [0.25, 0.3) is 0 Å². The molecule has 4 aromatic carbocycles. The number of carbonyl (C=O) groups is 9.